The molecule has 194 valence electrons. The van der Waals surface area contributed by atoms with Gasteiger partial charge in [0, 0.05) is 55.4 Å². The minimum atomic E-state index is -2.87. The van der Waals surface area contributed by atoms with E-state index in [1.807, 2.05) is 18.3 Å². The van der Waals surface area contributed by atoms with Gasteiger partial charge in [0.1, 0.15) is 5.75 Å². The molecule has 2 aliphatic rings. The lowest BCUT2D eigenvalue weighted by Gasteiger charge is -2.29. The van der Waals surface area contributed by atoms with Gasteiger partial charge in [0.2, 0.25) is 0 Å². The maximum atomic E-state index is 12.7. The molecule has 0 radical (unpaired) electrons. The quantitative estimate of drug-likeness (QED) is 0.353. The number of thiophene rings is 1. The van der Waals surface area contributed by atoms with Gasteiger partial charge in [-0.2, -0.15) is 13.9 Å². The van der Waals surface area contributed by atoms with Crippen LogP contribution in [-0.4, -0.2) is 78.9 Å². The molecule has 0 bridgehead atoms. The van der Waals surface area contributed by atoms with Gasteiger partial charge in [0.25, 0.3) is 0 Å². The highest BCUT2D eigenvalue weighted by Gasteiger charge is 2.20. The summed E-state index contributed by atoms with van der Waals surface area (Å²) in [7, 11) is 0. The number of ether oxygens (including phenoxy) is 3. The summed E-state index contributed by atoms with van der Waals surface area (Å²) in [5.41, 5.74) is 3.41. The minimum absolute atomic E-state index is 0.0993. The fourth-order valence-electron chi connectivity index (χ4n) is 4.69. The van der Waals surface area contributed by atoms with E-state index in [2.05, 4.69) is 26.7 Å². The maximum absolute atomic E-state index is 12.7. The lowest BCUT2D eigenvalue weighted by atomic mass is 10.1. The molecule has 1 aromatic carbocycles. The Bertz CT molecular complexity index is 1370. The van der Waals surface area contributed by atoms with Gasteiger partial charge in [-0.05, 0) is 24.3 Å². The third-order valence-corrected chi connectivity index (χ3v) is 7.64. The second-order valence-corrected chi connectivity index (χ2v) is 10.1. The number of nitrogens with zero attached hydrogens (tertiary/aromatic N) is 5. The molecule has 3 aromatic heterocycles. The van der Waals surface area contributed by atoms with Gasteiger partial charge in [-0.3, -0.25) is 4.90 Å². The van der Waals surface area contributed by atoms with E-state index in [1.54, 1.807) is 28.2 Å². The van der Waals surface area contributed by atoms with Crippen LogP contribution in [0.2, 0.25) is 0 Å². The minimum Gasteiger partial charge on any atom is -0.435 e. The Hall–Kier alpha value is -3.12. The number of anilines is 1. The molecule has 0 atom stereocenters. The Labute approximate surface area is 217 Å². The number of aromatic nitrogens is 3. The smallest absolute Gasteiger partial charge is 0.387 e. The van der Waals surface area contributed by atoms with Crippen molar-refractivity contribution in [3.63, 3.8) is 0 Å². The molecule has 5 heterocycles. The molecule has 0 aliphatic carbocycles. The summed E-state index contributed by atoms with van der Waals surface area (Å²) in [6.45, 7) is 4.42. The highest BCUT2D eigenvalue weighted by Crippen LogP contribution is 2.36. The monoisotopic (exact) mass is 527 g/mol. The number of pyridine rings is 1. The summed E-state index contributed by atoms with van der Waals surface area (Å²) in [6.07, 6.45) is 1.84. The van der Waals surface area contributed by atoms with Crippen LogP contribution in [0.3, 0.4) is 0 Å². The van der Waals surface area contributed by atoms with E-state index < -0.39 is 6.61 Å². The highest BCUT2D eigenvalue weighted by molar-refractivity contribution is 7.19. The van der Waals surface area contributed by atoms with Crippen molar-refractivity contribution >= 4 is 27.2 Å². The largest absolute Gasteiger partial charge is 0.435 e. The van der Waals surface area contributed by atoms with Gasteiger partial charge in [-0.25, -0.2) is 9.67 Å². The number of morpholine rings is 2. The Morgan fingerprint density at radius 3 is 2.54 bits per heavy atom. The highest BCUT2D eigenvalue weighted by atomic mass is 32.1. The molecule has 0 N–H and O–H groups in total. The van der Waals surface area contributed by atoms with E-state index in [9.17, 15) is 8.78 Å². The fraction of sp³-hybridized carbons (Fsp3) is 0.385. The van der Waals surface area contributed by atoms with Crippen molar-refractivity contribution in [2.45, 2.75) is 13.2 Å². The molecule has 0 unspecified atom stereocenters. The van der Waals surface area contributed by atoms with Crippen molar-refractivity contribution in [2.24, 2.45) is 0 Å². The number of benzene rings is 1. The fourth-order valence-corrected chi connectivity index (χ4v) is 5.87. The van der Waals surface area contributed by atoms with Crippen molar-refractivity contribution in [1.82, 2.24) is 19.7 Å². The van der Waals surface area contributed by atoms with E-state index in [0.29, 0.717) is 30.3 Å². The molecule has 37 heavy (non-hydrogen) atoms. The van der Waals surface area contributed by atoms with Crippen LogP contribution in [0.15, 0.2) is 48.7 Å². The number of hydrogen-bond donors (Lipinski definition) is 0. The molecule has 0 spiro atoms. The number of alkyl halides is 2. The summed E-state index contributed by atoms with van der Waals surface area (Å²) in [5, 5.41) is 4.71. The molecule has 2 saturated heterocycles. The maximum Gasteiger partial charge on any atom is 0.387 e. The van der Waals surface area contributed by atoms with E-state index in [-0.39, 0.29) is 5.75 Å². The molecule has 0 saturated carbocycles. The van der Waals surface area contributed by atoms with Crippen LogP contribution >= 0.6 is 11.3 Å². The van der Waals surface area contributed by atoms with Crippen molar-refractivity contribution in [3.8, 4) is 22.8 Å². The summed E-state index contributed by atoms with van der Waals surface area (Å²) < 4.78 is 43.9. The standard InChI is InChI=1S/C26H27F2N5O3S/c27-26(28)36-19-3-1-2-18(14-19)21-4-5-33(30-21)24-16-23(32-8-12-35-13-9-32)25-22(29-24)15-20(37-25)17-31-6-10-34-11-7-31/h1-5,14-16,26H,6-13,17H2. The van der Waals surface area contributed by atoms with Crippen LogP contribution in [0.1, 0.15) is 4.88 Å². The Kier molecular flexibility index (Phi) is 7.01. The zero-order valence-corrected chi connectivity index (χ0v) is 21.0. The van der Waals surface area contributed by atoms with Crippen LogP contribution in [0.5, 0.6) is 5.75 Å². The first-order valence-corrected chi connectivity index (χ1v) is 13.1. The van der Waals surface area contributed by atoms with Crippen LogP contribution in [0.4, 0.5) is 14.5 Å². The number of fused-ring (bicyclic) bond motifs is 1. The first kappa shape index (κ1) is 24.2. The average molecular weight is 528 g/mol. The lowest BCUT2D eigenvalue weighted by Crippen LogP contribution is -2.36. The lowest BCUT2D eigenvalue weighted by molar-refractivity contribution is -0.0498. The van der Waals surface area contributed by atoms with Gasteiger partial charge in [0.05, 0.1) is 48.0 Å². The van der Waals surface area contributed by atoms with Gasteiger partial charge < -0.3 is 19.1 Å². The SMILES string of the molecule is FC(F)Oc1cccc(-c2ccn(-c3cc(N4CCOCC4)c4sc(CN5CCOCC5)cc4n3)n2)c1. The zero-order valence-electron chi connectivity index (χ0n) is 20.2. The topological polar surface area (TPSA) is 64.9 Å². The molecule has 8 nitrogen and oxygen atoms in total. The molecular weight excluding hydrogens is 500 g/mol. The van der Waals surface area contributed by atoms with Crippen molar-refractivity contribution < 1.29 is 23.0 Å². The number of rotatable bonds is 7. The molecule has 6 rings (SSSR count). The van der Waals surface area contributed by atoms with Gasteiger partial charge in [-0.15, -0.1) is 11.3 Å². The molecule has 2 aliphatic heterocycles. The zero-order chi connectivity index (χ0) is 25.2. The predicted molar refractivity (Wildman–Crippen MR) is 138 cm³/mol. The predicted octanol–water partition coefficient (Wildman–Crippen LogP) is 4.42. The Balaban J connectivity index is 1.34. The third kappa shape index (κ3) is 5.45. The summed E-state index contributed by atoms with van der Waals surface area (Å²) in [6, 6.07) is 12.7. The van der Waals surface area contributed by atoms with Crippen LogP contribution in [-0.2, 0) is 16.0 Å². The van der Waals surface area contributed by atoms with Crippen molar-refractivity contribution in [3.05, 3.63) is 53.5 Å². The normalized spacial score (nSPS) is 17.1. The van der Waals surface area contributed by atoms with Gasteiger partial charge in [0.15, 0.2) is 5.82 Å². The van der Waals surface area contributed by atoms with E-state index >= 15 is 0 Å². The third-order valence-electron chi connectivity index (χ3n) is 6.51. The van der Waals surface area contributed by atoms with Crippen LogP contribution in [0.25, 0.3) is 27.3 Å². The molecule has 11 heteroatoms. The van der Waals surface area contributed by atoms with Crippen LogP contribution in [0, 0.1) is 0 Å². The molecule has 2 fully saturated rings. The molecular formula is C26H27F2N5O3S. The van der Waals surface area contributed by atoms with Gasteiger partial charge in [-0.1, -0.05) is 12.1 Å². The van der Waals surface area contributed by atoms with E-state index in [0.717, 1.165) is 61.8 Å². The second-order valence-electron chi connectivity index (χ2n) is 8.97. The number of halogens is 2. The Morgan fingerprint density at radius 2 is 1.76 bits per heavy atom. The first-order chi connectivity index (χ1) is 18.1. The van der Waals surface area contributed by atoms with E-state index in [4.69, 9.17) is 19.6 Å². The van der Waals surface area contributed by atoms with Crippen molar-refractivity contribution in [1.29, 1.82) is 0 Å². The van der Waals surface area contributed by atoms with Gasteiger partial charge >= 0.3 is 6.61 Å². The summed E-state index contributed by atoms with van der Waals surface area (Å²) in [5.74, 6) is 0.804. The first-order valence-electron chi connectivity index (χ1n) is 12.3. The summed E-state index contributed by atoms with van der Waals surface area (Å²) >= 11 is 1.79. The second kappa shape index (κ2) is 10.7. The molecule has 4 aromatic rings. The van der Waals surface area contributed by atoms with Crippen molar-refractivity contribution in [2.75, 3.05) is 57.5 Å². The Morgan fingerprint density at radius 1 is 0.973 bits per heavy atom. The van der Waals surface area contributed by atoms with Crippen LogP contribution < -0.4 is 9.64 Å². The molecule has 0 amide bonds. The number of hydrogen-bond acceptors (Lipinski definition) is 8. The average Bonchev–Trinajstić information content (AvgIpc) is 3.56. The summed E-state index contributed by atoms with van der Waals surface area (Å²) in [4.78, 5) is 11.0. The van der Waals surface area contributed by atoms with E-state index in [1.165, 1.54) is 10.9 Å².